The summed E-state index contributed by atoms with van der Waals surface area (Å²) >= 11 is 3.53. The largest absolute Gasteiger partial charge is 0.396 e. The number of benzene rings is 1. The molecular weight excluding hydrogens is 292 g/mol. The Morgan fingerprint density at radius 1 is 1.22 bits per heavy atom. The molecule has 0 unspecified atom stereocenters. The Kier molecular flexibility index (Phi) is 2.56. The molecule has 0 spiro atoms. The first kappa shape index (κ1) is 11.2. The molecule has 18 heavy (non-hydrogen) atoms. The topological polar surface area (TPSA) is 56.2 Å². The molecule has 0 atom stereocenters. The van der Waals surface area contributed by atoms with Crippen LogP contribution in [-0.2, 0) is 0 Å². The van der Waals surface area contributed by atoms with Crippen molar-refractivity contribution in [1.29, 1.82) is 0 Å². The van der Waals surface area contributed by atoms with Crippen LogP contribution in [0.1, 0.15) is 5.56 Å². The van der Waals surface area contributed by atoms with Gasteiger partial charge in [-0.25, -0.2) is 0 Å². The second-order valence-electron chi connectivity index (χ2n) is 4.17. The number of rotatable bonds is 1. The van der Waals surface area contributed by atoms with Crippen LogP contribution < -0.4 is 5.73 Å². The van der Waals surface area contributed by atoms with Gasteiger partial charge in [-0.2, -0.15) is 0 Å². The second-order valence-corrected chi connectivity index (χ2v) is 5.02. The molecule has 0 saturated carbocycles. The Balaban J connectivity index is 2.34. The van der Waals surface area contributed by atoms with Gasteiger partial charge in [0.15, 0.2) is 11.5 Å². The van der Waals surface area contributed by atoms with Crippen molar-refractivity contribution in [2.75, 3.05) is 5.73 Å². The summed E-state index contributed by atoms with van der Waals surface area (Å²) in [4.78, 5) is 0. The highest BCUT2D eigenvalue weighted by Crippen LogP contribution is 2.28. The molecule has 0 aliphatic carbocycles. The van der Waals surface area contributed by atoms with E-state index >= 15 is 0 Å². The lowest BCUT2D eigenvalue weighted by atomic mass is 10.2. The monoisotopic (exact) mass is 302 g/mol. The molecule has 0 aliphatic heterocycles. The van der Waals surface area contributed by atoms with Gasteiger partial charge >= 0.3 is 0 Å². The van der Waals surface area contributed by atoms with Crippen molar-refractivity contribution in [1.82, 2.24) is 14.6 Å². The van der Waals surface area contributed by atoms with Crippen LogP contribution in [0.5, 0.6) is 0 Å². The fourth-order valence-corrected chi connectivity index (χ4v) is 2.45. The molecule has 2 N–H and O–H groups in total. The Morgan fingerprint density at radius 2 is 2.00 bits per heavy atom. The Hall–Kier alpha value is -1.88. The first-order valence-corrected chi connectivity index (χ1v) is 6.32. The lowest BCUT2D eigenvalue weighted by Crippen LogP contribution is -1.96. The zero-order valence-electron chi connectivity index (χ0n) is 9.76. The molecular formula is C13H11BrN4. The number of fused-ring (bicyclic) bond motifs is 1. The summed E-state index contributed by atoms with van der Waals surface area (Å²) in [5.41, 5.74) is 9.35. The van der Waals surface area contributed by atoms with Crippen molar-refractivity contribution in [3.05, 3.63) is 46.6 Å². The SMILES string of the molecule is Cc1cc(N)c2nnc(-c3ccccc3Br)n2c1. The Labute approximate surface area is 113 Å². The number of hydrogen-bond donors (Lipinski definition) is 1. The minimum Gasteiger partial charge on any atom is -0.396 e. The molecule has 5 heteroatoms. The summed E-state index contributed by atoms with van der Waals surface area (Å²) in [7, 11) is 0. The third-order valence-corrected chi connectivity index (χ3v) is 3.48. The third-order valence-electron chi connectivity index (χ3n) is 2.78. The van der Waals surface area contributed by atoms with Gasteiger partial charge in [-0.15, -0.1) is 10.2 Å². The maximum atomic E-state index is 5.95. The van der Waals surface area contributed by atoms with E-state index in [1.54, 1.807) is 0 Å². The summed E-state index contributed by atoms with van der Waals surface area (Å²) in [5.74, 6) is 0.785. The van der Waals surface area contributed by atoms with Crippen molar-refractivity contribution >= 4 is 27.3 Å². The van der Waals surface area contributed by atoms with Crippen molar-refractivity contribution in [2.45, 2.75) is 6.92 Å². The first-order chi connectivity index (χ1) is 8.66. The number of nitrogen functional groups attached to an aromatic ring is 1. The molecule has 1 aromatic carbocycles. The number of aryl methyl sites for hydroxylation is 1. The molecule has 3 aromatic rings. The van der Waals surface area contributed by atoms with E-state index in [9.17, 15) is 0 Å². The molecule has 90 valence electrons. The summed E-state index contributed by atoms with van der Waals surface area (Å²) in [6, 6.07) is 9.82. The minimum atomic E-state index is 0.640. The number of anilines is 1. The summed E-state index contributed by atoms with van der Waals surface area (Å²) in [6.45, 7) is 2.00. The minimum absolute atomic E-state index is 0.640. The molecule has 0 aliphatic rings. The van der Waals surface area contributed by atoms with E-state index in [1.165, 1.54) is 0 Å². The van der Waals surface area contributed by atoms with Crippen LogP contribution in [-0.4, -0.2) is 14.6 Å². The van der Waals surface area contributed by atoms with E-state index < -0.39 is 0 Å². The molecule has 0 fully saturated rings. The van der Waals surface area contributed by atoms with E-state index in [-0.39, 0.29) is 0 Å². The Bertz CT molecular complexity index is 733. The Morgan fingerprint density at radius 3 is 2.78 bits per heavy atom. The quantitative estimate of drug-likeness (QED) is 0.751. The highest BCUT2D eigenvalue weighted by Gasteiger charge is 2.12. The van der Waals surface area contributed by atoms with Gasteiger partial charge in [0.1, 0.15) is 0 Å². The average molecular weight is 303 g/mol. The van der Waals surface area contributed by atoms with Gasteiger partial charge in [0.05, 0.1) is 5.69 Å². The predicted octanol–water partition coefficient (Wildman–Crippen LogP) is 3.05. The van der Waals surface area contributed by atoms with E-state index in [1.807, 2.05) is 47.9 Å². The fourth-order valence-electron chi connectivity index (χ4n) is 1.99. The van der Waals surface area contributed by atoms with Crippen molar-refractivity contribution in [2.24, 2.45) is 0 Å². The van der Waals surface area contributed by atoms with Crippen LogP contribution in [0.15, 0.2) is 41.0 Å². The molecule has 0 amide bonds. The standard InChI is InChI=1S/C13H11BrN4/c1-8-6-11(15)13-17-16-12(18(13)7-8)9-4-2-3-5-10(9)14/h2-7H,15H2,1H3. The lowest BCUT2D eigenvalue weighted by molar-refractivity contribution is 1.11. The maximum Gasteiger partial charge on any atom is 0.184 e. The van der Waals surface area contributed by atoms with Gasteiger partial charge in [0.2, 0.25) is 0 Å². The number of hydrogen-bond acceptors (Lipinski definition) is 3. The summed E-state index contributed by atoms with van der Waals surface area (Å²) < 4.78 is 2.91. The third kappa shape index (κ3) is 1.67. The van der Waals surface area contributed by atoms with Gasteiger partial charge in [0.25, 0.3) is 0 Å². The van der Waals surface area contributed by atoms with Crippen LogP contribution in [0.4, 0.5) is 5.69 Å². The molecule has 0 bridgehead atoms. The van der Waals surface area contributed by atoms with E-state index in [4.69, 9.17) is 5.73 Å². The zero-order chi connectivity index (χ0) is 12.7. The van der Waals surface area contributed by atoms with Crippen LogP contribution in [0, 0.1) is 6.92 Å². The summed E-state index contributed by atoms with van der Waals surface area (Å²) in [6.07, 6.45) is 1.99. The molecule has 2 aromatic heterocycles. The normalized spacial score (nSPS) is 11.0. The molecule has 2 heterocycles. The number of nitrogens with two attached hydrogens (primary N) is 1. The van der Waals surface area contributed by atoms with E-state index in [0.717, 1.165) is 21.4 Å². The van der Waals surface area contributed by atoms with E-state index in [2.05, 4.69) is 26.1 Å². The van der Waals surface area contributed by atoms with Gasteiger partial charge in [-0.05, 0) is 24.6 Å². The number of aromatic nitrogens is 3. The van der Waals surface area contributed by atoms with Gasteiger partial charge in [-0.3, -0.25) is 4.40 Å². The van der Waals surface area contributed by atoms with Crippen LogP contribution in [0.3, 0.4) is 0 Å². The second kappa shape index (κ2) is 4.10. The first-order valence-electron chi connectivity index (χ1n) is 5.52. The number of nitrogens with zero attached hydrogens (tertiary/aromatic N) is 3. The maximum absolute atomic E-state index is 5.95. The molecule has 0 saturated heterocycles. The zero-order valence-corrected chi connectivity index (χ0v) is 11.3. The number of halogens is 1. The van der Waals surface area contributed by atoms with Crippen molar-refractivity contribution in [3.8, 4) is 11.4 Å². The van der Waals surface area contributed by atoms with Crippen molar-refractivity contribution in [3.63, 3.8) is 0 Å². The van der Waals surface area contributed by atoms with E-state index in [0.29, 0.717) is 11.3 Å². The highest BCUT2D eigenvalue weighted by molar-refractivity contribution is 9.10. The highest BCUT2D eigenvalue weighted by atomic mass is 79.9. The lowest BCUT2D eigenvalue weighted by Gasteiger charge is -2.04. The van der Waals surface area contributed by atoms with Crippen LogP contribution >= 0.6 is 15.9 Å². The predicted molar refractivity (Wildman–Crippen MR) is 75.3 cm³/mol. The fraction of sp³-hybridized carbons (Fsp3) is 0.0769. The van der Waals surface area contributed by atoms with Crippen LogP contribution in [0.2, 0.25) is 0 Å². The van der Waals surface area contributed by atoms with Gasteiger partial charge in [-0.1, -0.05) is 34.1 Å². The van der Waals surface area contributed by atoms with Crippen molar-refractivity contribution < 1.29 is 0 Å². The van der Waals surface area contributed by atoms with Gasteiger partial charge in [0, 0.05) is 16.2 Å². The van der Waals surface area contributed by atoms with Gasteiger partial charge < -0.3 is 5.73 Å². The number of pyridine rings is 1. The summed E-state index contributed by atoms with van der Waals surface area (Å²) in [5, 5.41) is 8.38. The average Bonchev–Trinajstić information content (AvgIpc) is 2.73. The molecule has 0 radical (unpaired) electrons. The molecule has 3 rings (SSSR count). The molecule has 4 nitrogen and oxygen atoms in total. The smallest absolute Gasteiger partial charge is 0.184 e. The van der Waals surface area contributed by atoms with Crippen LogP contribution in [0.25, 0.3) is 17.0 Å².